The molecule has 1 atom stereocenters. The van der Waals surface area contributed by atoms with E-state index in [1.165, 1.54) is 43.2 Å². The average Bonchev–Trinajstić information content (AvgIpc) is 3.08. The number of quaternary nitrogens is 1. The molecule has 19 heavy (non-hydrogen) atoms. The van der Waals surface area contributed by atoms with Crippen LogP contribution in [0.3, 0.4) is 0 Å². The van der Waals surface area contributed by atoms with E-state index >= 15 is 0 Å². The Hall–Kier alpha value is -1.06. The highest BCUT2D eigenvalue weighted by Gasteiger charge is 2.16. The highest BCUT2D eigenvalue weighted by Crippen LogP contribution is 2.25. The summed E-state index contributed by atoms with van der Waals surface area (Å²) < 4.78 is 11.4. The molecule has 1 aromatic carbocycles. The summed E-state index contributed by atoms with van der Waals surface area (Å²) in [5.74, 6) is 1.03. The zero-order chi connectivity index (χ0) is 12.9. The molecule has 3 rings (SSSR count). The molecule has 2 N–H and O–H groups in total. The van der Waals surface area contributed by atoms with E-state index in [1.807, 2.05) is 0 Å². The summed E-state index contributed by atoms with van der Waals surface area (Å²) in [6.07, 6.45) is 6.68. The average molecular weight is 262 g/mol. The van der Waals surface area contributed by atoms with Crippen LogP contribution in [0.2, 0.25) is 0 Å². The van der Waals surface area contributed by atoms with Gasteiger partial charge in [-0.25, -0.2) is 0 Å². The predicted molar refractivity (Wildman–Crippen MR) is 74.6 cm³/mol. The van der Waals surface area contributed by atoms with E-state index < -0.39 is 0 Å². The summed E-state index contributed by atoms with van der Waals surface area (Å²) in [6.45, 7) is 3.82. The minimum atomic E-state index is 0.472. The van der Waals surface area contributed by atoms with Crippen molar-refractivity contribution in [2.24, 2.45) is 0 Å². The summed E-state index contributed by atoms with van der Waals surface area (Å²) in [4.78, 5) is 0. The topological polar surface area (TPSA) is 35.1 Å². The standard InChI is InChI=1S/C16H23NO2/c1-3-13-6-7-15(11-14(13)4-1)19-10-8-17-12-16-5-2-9-18-16/h6-7,11,16-17H,1-5,8-10,12H2/p+1/t16-/m0/s1. The fraction of sp³-hybridized carbons (Fsp3) is 0.625. The fourth-order valence-electron chi connectivity index (χ4n) is 3.03. The first-order chi connectivity index (χ1) is 9.42. The van der Waals surface area contributed by atoms with Gasteiger partial charge in [-0.3, -0.25) is 0 Å². The predicted octanol–water partition coefficient (Wildman–Crippen LogP) is 1.30. The van der Waals surface area contributed by atoms with Crippen LogP contribution < -0.4 is 10.1 Å². The number of fused-ring (bicyclic) bond motifs is 1. The van der Waals surface area contributed by atoms with Crippen LogP contribution in [0.1, 0.15) is 30.4 Å². The van der Waals surface area contributed by atoms with Crippen LogP contribution in [0.15, 0.2) is 18.2 Å². The molecule has 1 aliphatic carbocycles. The molecule has 0 radical (unpaired) electrons. The van der Waals surface area contributed by atoms with Gasteiger partial charge in [-0.1, -0.05) is 6.07 Å². The second-order valence-corrected chi connectivity index (χ2v) is 5.58. The first-order valence-electron chi connectivity index (χ1n) is 7.60. The van der Waals surface area contributed by atoms with Crippen LogP contribution in [0, 0.1) is 0 Å². The smallest absolute Gasteiger partial charge is 0.137 e. The normalized spacial score (nSPS) is 21.6. The number of rotatable bonds is 6. The molecule has 1 heterocycles. The van der Waals surface area contributed by atoms with Crippen molar-refractivity contribution in [3.8, 4) is 5.75 Å². The molecule has 0 spiro atoms. The van der Waals surface area contributed by atoms with Crippen LogP contribution in [-0.2, 0) is 17.6 Å². The van der Waals surface area contributed by atoms with Gasteiger partial charge in [-0.2, -0.15) is 0 Å². The Morgan fingerprint density at radius 1 is 1.21 bits per heavy atom. The molecule has 1 saturated heterocycles. The van der Waals surface area contributed by atoms with Crippen LogP contribution in [0.4, 0.5) is 0 Å². The molecule has 0 saturated carbocycles. The number of benzene rings is 1. The summed E-state index contributed by atoms with van der Waals surface area (Å²) in [6, 6.07) is 6.57. The van der Waals surface area contributed by atoms with E-state index in [4.69, 9.17) is 9.47 Å². The van der Waals surface area contributed by atoms with Crippen LogP contribution in [-0.4, -0.2) is 32.4 Å². The Bertz CT molecular complexity index is 413. The lowest BCUT2D eigenvalue weighted by molar-refractivity contribution is -0.661. The van der Waals surface area contributed by atoms with Crippen molar-refractivity contribution >= 4 is 0 Å². The Kier molecular flexibility index (Phi) is 4.36. The van der Waals surface area contributed by atoms with Gasteiger partial charge >= 0.3 is 0 Å². The molecule has 3 heteroatoms. The zero-order valence-corrected chi connectivity index (χ0v) is 11.6. The highest BCUT2D eigenvalue weighted by molar-refractivity contribution is 5.38. The maximum absolute atomic E-state index is 5.82. The largest absolute Gasteiger partial charge is 0.488 e. The van der Waals surface area contributed by atoms with Crippen molar-refractivity contribution < 1.29 is 14.8 Å². The molecule has 0 aromatic heterocycles. The third-order valence-electron chi connectivity index (χ3n) is 4.11. The second-order valence-electron chi connectivity index (χ2n) is 5.58. The van der Waals surface area contributed by atoms with Crippen LogP contribution >= 0.6 is 0 Å². The number of ether oxygens (including phenoxy) is 2. The van der Waals surface area contributed by atoms with Gasteiger partial charge in [0, 0.05) is 6.61 Å². The molecule has 104 valence electrons. The maximum Gasteiger partial charge on any atom is 0.137 e. The molecule has 0 unspecified atom stereocenters. The third kappa shape index (κ3) is 3.48. The lowest BCUT2D eigenvalue weighted by Gasteiger charge is -2.09. The van der Waals surface area contributed by atoms with Gasteiger partial charge in [0.05, 0.1) is 0 Å². The second kappa shape index (κ2) is 6.40. The minimum Gasteiger partial charge on any atom is -0.488 e. The Balaban J connectivity index is 1.35. The van der Waals surface area contributed by atoms with Gasteiger partial charge in [0.25, 0.3) is 0 Å². The van der Waals surface area contributed by atoms with Crippen molar-refractivity contribution in [3.05, 3.63) is 29.3 Å². The number of aryl methyl sites for hydroxylation is 2. The van der Waals surface area contributed by atoms with E-state index in [1.54, 1.807) is 0 Å². The lowest BCUT2D eigenvalue weighted by atomic mass is 10.1. The lowest BCUT2D eigenvalue weighted by Crippen LogP contribution is -2.87. The molecular formula is C16H24NO2+. The van der Waals surface area contributed by atoms with E-state index in [9.17, 15) is 0 Å². The summed E-state index contributed by atoms with van der Waals surface area (Å²) in [7, 11) is 0. The molecule has 1 fully saturated rings. The molecule has 1 aliphatic heterocycles. The van der Waals surface area contributed by atoms with Crippen molar-refractivity contribution in [1.82, 2.24) is 0 Å². The minimum absolute atomic E-state index is 0.472. The first-order valence-corrected chi connectivity index (χ1v) is 7.60. The van der Waals surface area contributed by atoms with E-state index in [0.717, 1.165) is 32.1 Å². The van der Waals surface area contributed by atoms with E-state index in [-0.39, 0.29) is 0 Å². The van der Waals surface area contributed by atoms with Crippen molar-refractivity contribution in [3.63, 3.8) is 0 Å². The Labute approximate surface area is 115 Å². The monoisotopic (exact) mass is 262 g/mol. The number of hydrogen-bond acceptors (Lipinski definition) is 2. The molecule has 1 aromatic rings. The quantitative estimate of drug-likeness (QED) is 0.784. The Morgan fingerprint density at radius 3 is 3.05 bits per heavy atom. The zero-order valence-electron chi connectivity index (χ0n) is 11.6. The summed E-state index contributed by atoms with van der Waals surface area (Å²) in [5, 5.41) is 2.31. The van der Waals surface area contributed by atoms with E-state index in [2.05, 4.69) is 23.5 Å². The maximum atomic E-state index is 5.82. The van der Waals surface area contributed by atoms with Gasteiger partial charge in [0.1, 0.15) is 31.5 Å². The van der Waals surface area contributed by atoms with Crippen molar-refractivity contribution in [2.45, 2.75) is 38.2 Å². The summed E-state index contributed by atoms with van der Waals surface area (Å²) in [5.41, 5.74) is 3.00. The van der Waals surface area contributed by atoms with E-state index in [0.29, 0.717) is 6.10 Å². The van der Waals surface area contributed by atoms with Crippen molar-refractivity contribution in [2.75, 3.05) is 26.3 Å². The van der Waals surface area contributed by atoms with Gasteiger partial charge in [0.15, 0.2) is 0 Å². The molecule has 3 nitrogen and oxygen atoms in total. The van der Waals surface area contributed by atoms with Crippen molar-refractivity contribution in [1.29, 1.82) is 0 Å². The molecule has 2 aliphatic rings. The van der Waals surface area contributed by atoms with Gasteiger partial charge in [-0.15, -0.1) is 0 Å². The molecular weight excluding hydrogens is 238 g/mol. The summed E-state index contributed by atoms with van der Waals surface area (Å²) >= 11 is 0. The van der Waals surface area contributed by atoms with Crippen LogP contribution in [0.5, 0.6) is 5.75 Å². The third-order valence-corrected chi connectivity index (χ3v) is 4.11. The molecule has 0 bridgehead atoms. The SMILES string of the molecule is c1cc2c(cc1OCC[NH2+]C[C@@H]1CCCO1)CCC2. The van der Waals surface area contributed by atoms with Gasteiger partial charge in [0.2, 0.25) is 0 Å². The number of nitrogens with two attached hydrogens (primary N) is 1. The van der Waals surface area contributed by atoms with Crippen LogP contribution in [0.25, 0.3) is 0 Å². The number of hydrogen-bond donors (Lipinski definition) is 1. The molecule has 0 amide bonds. The Morgan fingerprint density at radius 2 is 2.16 bits per heavy atom. The fourth-order valence-corrected chi connectivity index (χ4v) is 3.03. The van der Waals surface area contributed by atoms with Gasteiger partial charge < -0.3 is 14.8 Å². The first kappa shape index (κ1) is 12.9. The highest BCUT2D eigenvalue weighted by atomic mass is 16.5. The van der Waals surface area contributed by atoms with Gasteiger partial charge in [-0.05, 0) is 55.4 Å².